The minimum Gasteiger partial charge on any atom is -0.375 e. The van der Waals surface area contributed by atoms with Crippen LogP contribution >= 0.6 is 0 Å². The van der Waals surface area contributed by atoms with Gasteiger partial charge in [-0.25, -0.2) is 0 Å². The molecular formula is C18H21N3O4. The highest BCUT2D eigenvalue weighted by Gasteiger charge is 2.43. The lowest BCUT2D eigenvalue weighted by molar-refractivity contribution is -0.0461. The number of carbonyl (C=O) groups excluding carboxylic acids is 1. The molecule has 0 radical (unpaired) electrons. The maximum Gasteiger partial charge on any atom is 0.292 e. The molecule has 4 rings (SSSR count). The van der Waals surface area contributed by atoms with Gasteiger partial charge in [0.2, 0.25) is 5.76 Å². The van der Waals surface area contributed by atoms with Gasteiger partial charge in [-0.2, -0.15) is 0 Å². The summed E-state index contributed by atoms with van der Waals surface area (Å²) in [6.07, 6.45) is 5.13. The van der Waals surface area contributed by atoms with Gasteiger partial charge in [-0.3, -0.25) is 9.78 Å². The Morgan fingerprint density at radius 3 is 3.04 bits per heavy atom. The third-order valence-corrected chi connectivity index (χ3v) is 4.87. The van der Waals surface area contributed by atoms with Crippen molar-refractivity contribution in [3.8, 4) is 0 Å². The van der Waals surface area contributed by atoms with Gasteiger partial charge in [0.05, 0.1) is 43.9 Å². The van der Waals surface area contributed by atoms with E-state index in [-0.39, 0.29) is 23.8 Å². The molecule has 2 aromatic rings. The standard InChI is InChI=1S/C18H21N3O4/c22-18(16-4-6-20-25-16)21-7-8-24-17-10-13(9-15(17)21)11-23-12-14-3-1-2-5-19-14/h1-6,13,15,17H,7-12H2/t13-,15+,17+/m0/s1. The Morgan fingerprint density at radius 1 is 1.28 bits per heavy atom. The molecule has 0 unspecified atom stereocenters. The van der Waals surface area contributed by atoms with Gasteiger partial charge >= 0.3 is 0 Å². The summed E-state index contributed by atoms with van der Waals surface area (Å²) >= 11 is 0. The molecule has 1 saturated carbocycles. The molecule has 1 aliphatic heterocycles. The average molecular weight is 343 g/mol. The van der Waals surface area contributed by atoms with Gasteiger partial charge in [-0.15, -0.1) is 0 Å². The summed E-state index contributed by atoms with van der Waals surface area (Å²) < 4.78 is 16.7. The van der Waals surface area contributed by atoms with Crippen LogP contribution in [-0.4, -0.2) is 52.9 Å². The molecule has 25 heavy (non-hydrogen) atoms. The van der Waals surface area contributed by atoms with Crippen molar-refractivity contribution in [3.05, 3.63) is 48.1 Å². The number of hydrogen-bond donors (Lipinski definition) is 0. The number of fused-ring (bicyclic) bond motifs is 1. The fourth-order valence-electron chi connectivity index (χ4n) is 3.72. The SMILES string of the molecule is O=C(c1ccno1)N1CCO[C@@H]2C[C@@H](COCc3ccccn3)C[C@H]21. The highest BCUT2D eigenvalue weighted by molar-refractivity contribution is 5.91. The highest BCUT2D eigenvalue weighted by atomic mass is 16.5. The lowest BCUT2D eigenvalue weighted by Gasteiger charge is -2.37. The van der Waals surface area contributed by atoms with Crippen LogP contribution in [0.15, 0.2) is 41.2 Å². The van der Waals surface area contributed by atoms with Crippen molar-refractivity contribution in [2.75, 3.05) is 19.8 Å². The second kappa shape index (κ2) is 7.33. The summed E-state index contributed by atoms with van der Waals surface area (Å²) in [6, 6.07) is 7.49. The molecule has 1 amide bonds. The van der Waals surface area contributed by atoms with E-state index in [1.54, 1.807) is 12.3 Å². The Kier molecular flexibility index (Phi) is 4.76. The zero-order valence-electron chi connectivity index (χ0n) is 13.9. The minimum atomic E-state index is -0.106. The Labute approximate surface area is 145 Å². The molecule has 7 heteroatoms. The van der Waals surface area contributed by atoms with Crippen molar-refractivity contribution in [3.63, 3.8) is 0 Å². The molecule has 2 fully saturated rings. The van der Waals surface area contributed by atoms with Gasteiger partial charge in [0, 0.05) is 18.8 Å². The Balaban J connectivity index is 1.33. The van der Waals surface area contributed by atoms with Gasteiger partial charge in [0.15, 0.2) is 0 Å². The molecule has 7 nitrogen and oxygen atoms in total. The van der Waals surface area contributed by atoms with E-state index >= 15 is 0 Å². The van der Waals surface area contributed by atoms with Crippen LogP contribution in [0.3, 0.4) is 0 Å². The Bertz CT molecular complexity index is 692. The van der Waals surface area contributed by atoms with Crippen LogP contribution in [0, 0.1) is 5.92 Å². The van der Waals surface area contributed by atoms with E-state index in [0.29, 0.717) is 32.3 Å². The molecule has 0 bridgehead atoms. The summed E-state index contributed by atoms with van der Waals surface area (Å²) in [5.41, 5.74) is 0.927. The molecule has 0 aromatic carbocycles. The number of morpholine rings is 1. The predicted octanol–water partition coefficient (Wildman–Crippen LogP) is 1.91. The lowest BCUT2D eigenvalue weighted by atomic mass is 10.1. The first kappa shape index (κ1) is 16.2. The number of carbonyl (C=O) groups is 1. The van der Waals surface area contributed by atoms with Crippen LogP contribution in [0.5, 0.6) is 0 Å². The topological polar surface area (TPSA) is 77.7 Å². The van der Waals surface area contributed by atoms with E-state index < -0.39 is 0 Å². The van der Waals surface area contributed by atoms with Gasteiger partial charge < -0.3 is 18.9 Å². The number of amides is 1. The van der Waals surface area contributed by atoms with Crippen molar-refractivity contribution in [2.45, 2.75) is 31.6 Å². The van der Waals surface area contributed by atoms with E-state index in [0.717, 1.165) is 18.5 Å². The van der Waals surface area contributed by atoms with Crippen molar-refractivity contribution < 1.29 is 18.8 Å². The largest absolute Gasteiger partial charge is 0.375 e. The first-order chi connectivity index (χ1) is 12.3. The summed E-state index contributed by atoms with van der Waals surface area (Å²) in [6.45, 7) is 2.30. The summed E-state index contributed by atoms with van der Waals surface area (Å²) in [5.74, 6) is 0.559. The molecular weight excluding hydrogens is 322 g/mol. The van der Waals surface area contributed by atoms with Crippen molar-refractivity contribution >= 4 is 5.91 Å². The van der Waals surface area contributed by atoms with Crippen LogP contribution in [0.25, 0.3) is 0 Å². The van der Waals surface area contributed by atoms with E-state index in [9.17, 15) is 4.79 Å². The minimum absolute atomic E-state index is 0.0732. The average Bonchev–Trinajstić information content (AvgIpc) is 3.31. The van der Waals surface area contributed by atoms with Gasteiger partial charge in [-0.1, -0.05) is 11.2 Å². The van der Waals surface area contributed by atoms with Gasteiger partial charge in [0.1, 0.15) is 0 Å². The molecule has 0 spiro atoms. The fourth-order valence-corrected chi connectivity index (χ4v) is 3.72. The van der Waals surface area contributed by atoms with E-state index in [1.807, 2.05) is 23.1 Å². The molecule has 1 saturated heterocycles. The molecule has 132 valence electrons. The number of rotatable bonds is 5. The molecule has 2 aromatic heterocycles. The zero-order chi connectivity index (χ0) is 17.1. The third-order valence-electron chi connectivity index (χ3n) is 4.87. The monoisotopic (exact) mass is 343 g/mol. The predicted molar refractivity (Wildman–Crippen MR) is 87.7 cm³/mol. The number of nitrogens with zero attached hydrogens (tertiary/aromatic N) is 3. The fraction of sp³-hybridized carbons (Fsp3) is 0.500. The van der Waals surface area contributed by atoms with Crippen LogP contribution < -0.4 is 0 Å². The van der Waals surface area contributed by atoms with Crippen LogP contribution in [-0.2, 0) is 16.1 Å². The maximum atomic E-state index is 12.6. The van der Waals surface area contributed by atoms with Crippen molar-refractivity contribution in [2.24, 2.45) is 5.92 Å². The first-order valence-electron chi connectivity index (χ1n) is 8.62. The molecule has 0 N–H and O–H groups in total. The second-order valence-corrected chi connectivity index (χ2v) is 6.53. The number of hydrogen-bond acceptors (Lipinski definition) is 6. The molecule has 3 atom stereocenters. The number of aromatic nitrogens is 2. The van der Waals surface area contributed by atoms with Gasteiger partial charge in [0.25, 0.3) is 5.91 Å². The van der Waals surface area contributed by atoms with Crippen LogP contribution in [0.4, 0.5) is 0 Å². The van der Waals surface area contributed by atoms with Crippen LogP contribution in [0.2, 0.25) is 0 Å². The zero-order valence-corrected chi connectivity index (χ0v) is 13.9. The molecule has 2 aliphatic rings. The molecule has 1 aliphatic carbocycles. The van der Waals surface area contributed by atoms with E-state index in [1.165, 1.54) is 6.20 Å². The van der Waals surface area contributed by atoms with E-state index in [2.05, 4.69) is 10.1 Å². The number of pyridine rings is 1. The molecule has 3 heterocycles. The summed E-state index contributed by atoms with van der Waals surface area (Å²) in [4.78, 5) is 18.7. The Morgan fingerprint density at radius 2 is 2.24 bits per heavy atom. The summed E-state index contributed by atoms with van der Waals surface area (Å²) in [7, 11) is 0. The first-order valence-corrected chi connectivity index (χ1v) is 8.62. The normalized spacial score (nSPS) is 25.8. The quantitative estimate of drug-likeness (QED) is 0.825. The van der Waals surface area contributed by atoms with E-state index in [4.69, 9.17) is 14.0 Å². The number of ether oxygens (including phenoxy) is 2. The van der Waals surface area contributed by atoms with Crippen molar-refractivity contribution in [1.82, 2.24) is 15.0 Å². The second-order valence-electron chi connectivity index (χ2n) is 6.53. The lowest BCUT2D eigenvalue weighted by Crippen LogP contribution is -2.51. The van der Waals surface area contributed by atoms with Crippen LogP contribution in [0.1, 0.15) is 29.1 Å². The highest BCUT2D eigenvalue weighted by Crippen LogP contribution is 2.35. The Hall–Kier alpha value is -2.25. The summed E-state index contributed by atoms with van der Waals surface area (Å²) in [5, 5.41) is 3.63. The maximum absolute atomic E-state index is 12.6. The van der Waals surface area contributed by atoms with Gasteiger partial charge in [-0.05, 0) is 30.9 Å². The third kappa shape index (κ3) is 3.57. The smallest absolute Gasteiger partial charge is 0.292 e. The van der Waals surface area contributed by atoms with Crippen molar-refractivity contribution in [1.29, 1.82) is 0 Å².